The van der Waals surface area contributed by atoms with Gasteiger partial charge in [0.1, 0.15) is 0 Å². The number of hydrogen-bond donors (Lipinski definition) is 0. The molecule has 0 fully saturated rings. The molecule has 0 rings (SSSR count). The number of esters is 1. The van der Waals surface area contributed by atoms with Crippen molar-refractivity contribution in [3.63, 3.8) is 0 Å². The smallest absolute Gasteiger partial charge is 0.314 e. The van der Waals surface area contributed by atoms with Crippen LogP contribution in [-0.4, -0.2) is 26.3 Å². The highest BCUT2D eigenvalue weighted by Gasteiger charge is 2.41. The Bertz CT molecular complexity index is 247. The molecule has 0 unspecified atom stereocenters. The molecule has 19 heavy (non-hydrogen) atoms. The van der Waals surface area contributed by atoms with Crippen LogP contribution in [0.2, 0.25) is 0 Å². The Hall–Kier alpha value is -0.570. The predicted molar refractivity (Wildman–Crippen MR) is 79.0 cm³/mol. The van der Waals surface area contributed by atoms with Gasteiger partial charge in [-0.1, -0.05) is 41.5 Å². The minimum atomic E-state index is -0.494. The third-order valence-corrected chi connectivity index (χ3v) is 3.00. The van der Waals surface area contributed by atoms with E-state index in [0.29, 0.717) is 31.0 Å². The van der Waals surface area contributed by atoms with Gasteiger partial charge in [0.05, 0.1) is 18.6 Å². The lowest BCUT2D eigenvalue weighted by atomic mass is 9.74. The number of carbonyl (C=O) groups excluding carboxylic acids is 1. The topological polar surface area (TPSA) is 35.5 Å². The summed E-state index contributed by atoms with van der Waals surface area (Å²) in [5.74, 6) is 1.16. The molecule has 0 aliphatic carbocycles. The van der Waals surface area contributed by atoms with Crippen molar-refractivity contribution in [1.29, 1.82) is 0 Å². The number of hydrogen-bond acceptors (Lipinski definition) is 3. The normalized spacial score (nSPS) is 12.5. The minimum Gasteiger partial charge on any atom is -0.465 e. The van der Waals surface area contributed by atoms with E-state index in [1.165, 1.54) is 0 Å². The van der Waals surface area contributed by atoms with Gasteiger partial charge in [-0.2, -0.15) is 0 Å². The van der Waals surface area contributed by atoms with Gasteiger partial charge in [0, 0.05) is 7.11 Å². The molecule has 0 N–H and O–H groups in total. The lowest BCUT2D eigenvalue weighted by Gasteiger charge is -2.34. The summed E-state index contributed by atoms with van der Waals surface area (Å²) < 4.78 is 10.8. The average molecular weight is 272 g/mol. The molecule has 0 aromatic rings. The number of methoxy groups -OCH3 is 1. The molecule has 0 bridgehead atoms. The first kappa shape index (κ1) is 18.4. The van der Waals surface area contributed by atoms with Crippen molar-refractivity contribution in [2.75, 3.05) is 20.3 Å². The monoisotopic (exact) mass is 272 g/mol. The van der Waals surface area contributed by atoms with Crippen LogP contribution in [0.5, 0.6) is 0 Å². The van der Waals surface area contributed by atoms with Gasteiger partial charge >= 0.3 is 5.97 Å². The van der Waals surface area contributed by atoms with E-state index in [4.69, 9.17) is 9.47 Å². The van der Waals surface area contributed by atoms with Crippen molar-refractivity contribution >= 4 is 5.97 Å². The van der Waals surface area contributed by atoms with Crippen LogP contribution in [0, 0.1) is 23.2 Å². The minimum absolute atomic E-state index is 0.0922. The Morgan fingerprint density at radius 2 is 1.42 bits per heavy atom. The third-order valence-electron chi connectivity index (χ3n) is 3.00. The Morgan fingerprint density at radius 1 is 0.947 bits per heavy atom. The molecule has 3 heteroatoms. The van der Waals surface area contributed by atoms with Crippen molar-refractivity contribution in [2.45, 2.75) is 54.4 Å². The molecule has 0 aliphatic rings. The van der Waals surface area contributed by atoms with Crippen molar-refractivity contribution in [3.05, 3.63) is 0 Å². The quantitative estimate of drug-likeness (QED) is 0.597. The summed E-state index contributed by atoms with van der Waals surface area (Å²) in [6.45, 7) is 13.6. The summed E-state index contributed by atoms with van der Waals surface area (Å²) in [4.78, 5) is 12.5. The summed E-state index contributed by atoms with van der Waals surface area (Å²) in [7, 11) is 1.66. The molecule has 0 atom stereocenters. The van der Waals surface area contributed by atoms with Crippen LogP contribution in [0.25, 0.3) is 0 Å². The molecular formula is C16H32O3. The van der Waals surface area contributed by atoms with Gasteiger partial charge in [-0.25, -0.2) is 0 Å². The summed E-state index contributed by atoms with van der Waals surface area (Å²) in [6, 6.07) is 0. The molecule has 114 valence electrons. The number of carbonyl (C=O) groups is 1. The highest BCUT2D eigenvalue weighted by atomic mass is 16.5. The first-order valence-electron chi connectivity index (χ1n) is 7.39. The molecule has 0 aliphatic heterocycles. The average Bonchev–Trinajstić information content (AvgIpc) is 2.23. The molecule has 0 saturated heterocycles. The van der Waals surface area contributed by atoms with Gasteiger partial charge in [-0.05, 0) is 30.6 Å². The molecular weight excluding hydrogens is 240 g/mol. The summed E-state index contributed by atoms with van der Waals surface area (Å²) in [5.41, 5.74) is -0.494. The Kier molecular flexibility index (Phi) is 8.31. The zero-order chi connectivity index (χ0) is 15.1. The third kappa shape index (κ3) is 6.95. The Balaban J connectivity index is 5.00. The Labute approximate surface area is 119 Å². The van der Waals surface area contributed by atoms with Gasteiger partial charge in [0.15, 0.2) is 0 Å². The van der Waals surface area contributed by atoms with E-state index < -0.39 is 5.41 Å². The van der Waals surface area contributed by atoms with Crippen molar-refractivity contribution in [1.82, 2.24) is 0 Å². The van der Waals surface area contributed by atoms with Gasteiger partial charge in [0.2, 0.25) is 0 Å². The van der Waals surface area contributed by atoms with E-state index in [-0.39, 0.29) is 5.97 Å². The molecule has 0 heterocycles. The maximum absolute atomic E-state index is 12.5. The van der Waals surface area contributed by atoms with E-state index in [2.05, 4.69) is 41.5 Å². The van der Waals surface area contributed by atoms with Crippen molar-refractivity contribution in [3.8, 4) is 0 Å². The highest BCUT2D eigenvalue weighted by Crippen LogP contribution is 2.35. The fourth-order valence-electron chi connectivity index (χ4n) is 2.66. The second kappa shape index (κ2) is 8.57. The van der Waals surface area contributed by atoms with Crippen molar-refractivity contribution < 1.29 is 14.3 Å². The second-order valence-corrected chi connectivity index (χ2v) is 6.90. The summed E-state index contributed by atoms with van der Waals surface area (Å²) >= 11 is 0. The largest absolute Gasteiger partial charge is 0.465 e. The van der Waals surface area contributed by atoms with Crippen molar-refractivity contribution in [2.24, 2.45) is 23.2 Å². The summed E-state index contributed by atoms with van der Waals surface area (Å²) in [6.07, 6.45) is 1.63. The molecule has 0 radical (unpaired) electrons. The molecule has 0 spiro atoms. The zero-order valence-corrected chi connectivity index (χ0v) is 13.8. The van der Waals surface area contributed by atoms with Crippen LogP contribution < -0.4 is 0 Å². The van der Waals surface area contributed by atoms with Crippen LogP contribution in [-0.2, 0) is 14.3 Å². The van der Waals surface area contributed by atoms with E-state index in [1.54, 1.807) is 7.11 Å². The zero-order valence-electron chi connectivity index (χ0n) is 13.8. The molecule has 0 saturated carbocycles. The van der Waals surface area contributed by atoms with Crippen LogP contribution in [0.4, 0.5) is 0 Å². The van der Waals surface area contributed by atoms with Crippen LogP contribution in [0.15, 0.2) is 0 Å². The second-order valence-electron chi connectivity index (χ2n) is 6.90. The Morgan fingerprint density at radius 3 is 1.74 bits per heavy atom. The molecule has 0 amide bonds. The molecule has 3 nitrogen and oxygen atoms in total. The van der Waals surface area contributed by atoms with E-state index >= 15 is 0 Å². The number of rotatable bonds is 9. The first-order valence-corrected chi connectivity index (χ1v) is 7.39. The van der Waals surface area contributed by atoms with E-state index in [0.717, 1.165) is 12.8 Å². The molecule has 0 aromatic carbocycles. The maximum Gasteiger partial charge on any atom is 0.314 e. The standard InChI is InChI=1S/C16H32O3/c1-12(2)8-16(11-18-7,9-13(3)4)15(17)19-10-14(5)6/h12-14H,8-11H2,1-7H3. The first-order chi connectivity index (χ1) is 8.73. The lowest BCUT2D eigenvalue weighted by Crippen LogP contribution is -2.40. The lowest BCUT2D eigenvalue weighted by molar-refractivity contribution is -0.163. The molecule has 0 aromatic heterocycles. The SMILES string of the molecule is COCC(CC(C)C)(CC(C)C)C(=O)OCC(C)C. The van der Waals surface area contributed by atoms with Gasteiger partial charge < -0.3 is 9.47 Å². The predicted octanol–water partition coefficient (Wildman–Crippen LogP) is 3.91. The summed E-state index contributed by atoms with van der Waals surface area (Å²) in [5, 5.41) is 0. The van der Waals surface area contributed by atoms with Gasteiger partial charge in [-0.3, -0.25) is 4.79 Å². The van der Waals surface area contributed by atoms with E-state index in [1.807, 2.05) is 0 Å². The fraction of sp³-hybridized carbons (Fsp3) is 0.938. The highest BCUT2D eigenvalue weighted by molar-refractivity contribution is 5.77. The fourth-order valence-corrected chi connectivity index (χ4v) is 2.66. The van der Waals surface area contributed by atoms with Gasteiger partial charge in [-0.15, -0.1) is 0 Å². The maximum atomic E-state index is 12.5. The van der Waals surface area contributed by atoms with Crippen LogP contribution >= 0.6 is 0 Å². The van der Waals surface area contributed by atoms with Crippen LogP contribution in [0.1, 0.15) is 54.4 Å². The van der Waals surface area contributed by atoms with E-state index in [9.17, 15) is 4.79 Å². The van der Waals surface area contributed by atoms with Gasteiger partial charge in [0.25, 0.3) is 0 Å². The number of ether oxygens (including phenoxy) is 2. The van der Waals surface area contributed by atoms with Crippen LogP contribution in [0.3, 0.4) is 0 Å².